The zero-order valence-corrected chi connectivity index (χ0v) is 16.1. The molecular formula is C23H19F2NO3. The maximum absolute atomic E-state index is 14.8. The summed E-state index contributed by atoms with van der Waals surface area (Å²) < 4.78 is 34.0. The molecule has 148 valence electrons. The van der Waals surface area contributed by atoms with Crippen molar-refractivity contribution >= 4 is 11.8 Å². The minimum Gasteiger partial charge on any atom is -0.455 e. The van der Waals surface area contributed by atoms with Crippen LogP contribution < -0.4 is 0 Å². The molecule has 0 radical (unpaired) electrons. The molecule has 2 aliphatic rings. The highest BCUT2D eigenvalue weighted by Gasteiger charge is 2.40. The third-order valence-corrected chi connectivity index (χ3v) is 5.87. The van der Waals surface area contributed by atoms with Gasteiger partial charge in [-0.1, -0.05) is 12.1 Å². The van der Waals surface area contributed by atoms with Crippen LogP contribution in [0.25, 0.3) is 0 Å². The zero-order valence-electron chi connectivity index (χ0n) is 16.1. The van der Waals surface area contributed by atoms with Crippen molar-refractivity contribution < 1.29 is 23.1 Å². The molecule has 0 bridgehead atoms. The lowest BCUT2D eigenvalue weighted by Gasteiger charge is -2.28. The Labute approximate surface area is 167 Å². The number of aryl methyl sites for hydroxylation is 1. The van der Waals surface area contributed by atoms with E-state index in [0.717, 1.165) is 22.8 Å². The van der Waals surface area contributed by atoms with Crippen LogP contribution in [-0.2, 0) is 16.0 Å². The molecule has 6 heteroatoms. The number of esters is 1. The molecule has 3 atom stereocenters. The van der Waals surface area contributed by atoms with E-state index in [1.54, 1.807) is 0 Å². The summed E-state index contributed by atoms with van der Waals surface area (Å²) in [4.78, 5) is 23.9. The van der Waals surface area contributed by atoms with Crippen molar-refractivity contribution in [2.45, 2.75) is 51.3 Å². The maximum Gasteiger partial charge on any atom is 0.303 e. The Morgan fingerprint density at radius 2 is 2.03 bits per heavy atom. The Kier molecular flexibility index (Phi) is 4.70. The Morgan fingerprint density at radius 3 is 2.72 bits per heavy atom. The largest absolute Gasteiger partial charge is 0.455 e. The first-order valence-corrected chi connectivity index (χ1v) is 9.52. The first-order chi connectivity index (χ1) is 13.8. The van der Waals surface area contributed by atoms with Crippen LogP contribution >= 0.6 is 0 Å². The predicted octanol–water partition coefficient (Wildman–Crippen LogP) is 4.61. The maximum atomic E-state index is 14.8. The summed E-state index contributed by atoms with van der Waals surface area (Å²) in [6, 6.07) is 8.04. The Hall–Kier alpha value is -3.07. The van der Waals surface area contributed by atoms with Gasteiger partial charge in [0.15, 0.2) is 11.9 Å². The lowest BCUT2D eigenvalue weighted by atomic mass is 9.74. The number of carbonyl (C=O) groups is 2. The van der Waals surface area contributed by atoms with Crippen molar-refractivity contribution in [2.75, 3.05) is 0 Å². The van der Waals surface area contributed by atoms with Crippen molar-refractivity contribution in [3.8, 4) is 6.07 Å². The number of alkyl halides is 1. The van der Waals surface area contributed by atoms with Crippen LogP contribution in [0.2, 0.25) is 0 Å². The van der Waals surface area contributed by atoms with E-state index in [-0.39, 0.29) is 35.7 Å². The molecule has 2 aliphatic carbocycles. The second-order valence-electron chi connectivity index (χ2n) is 7.65. The molecule has 0 amide bonds. The van der Waals surface area contributed by atoms with Gasteiger partial charge in [-0.15, -0.1) is 0 Å². The van der Waals surface area contributed by atoms with Crippen LogP contribution in [0.15, 0.2) is 24.3 Å². The Morgan fingerprint density at radius 1 is 1.28 bits per heavy atom. The van der Waals surface area contributed by atoms with Crippen LogP contribution in [0.3, 0.4) is 0 Å². The second-order valence-corrected chi connectivity index (χ2v) is 7.65. The van der Waals surface area contributed by atoms with Gasteiger partial charge < -0.3 is 4.74 Å². The van der Waals surface area contributed by atoms with Gasteiger partial charge in [-0.3, -0.25) is 9.59 Å². The van der Waals surface area contributed by atoms with Gasteiger partial charge in [0.25, 0.3) is 0 Å². The van der Waals surface area contributed by atoms with Crippen molar-refractivity contribution in [2.24, 2.45) is 0 Å². The van der Waals surface area contributed by atoms with E-state index in [0.29, 0.717) is 17.5 Å². The number of rotatable bonds is 2. The van der Waals surface area contributed by atoms with Crippen molar-refractivity contribution in [1.82, 2.24) is 0 Å². The first kappa shape index (κ1) is 19.3. The van der Waals surface area contributed by atoms with Gasteiger partial charge in [-0.05, 0) is 47.7 Å². The fraction of sp³-hybridized carbons (Fsp3) is 0.348. The normalized spacial score (nSPS) is 22.6. The monoisotopic (exact) mass is 395 g/mol. The molecule has 0 fully saturated rings. The number of nitriles is 1. The van der Waals surface area contributed by atoms with Crippen molar-refractivity contribution in [3.63, 3.8) is 0 Å². The minimum atomic E-state index is -1.36. The summed E-state index contributed by atoms with van der Waals surface area (Å²) in [6.45, 7) is 3.09. The standard InChI is InChI=1S/C23H19F2NO3/c1-11-3-4-15(17-9-19(25)23(21(11)17)29-12(2)27)16-5-6-20(28)18-8-14(24)7-13(10-26)22(16)18/h3-4,7-8,16,19,23H,5-6,9H2,1-2H3/t16-,19-,23-/m1/s1. The summed E-state index contributed by atoms with van der Waals surface area (Å²) in [5.74, 6) is -1.69. The molecule has 2 aromatic rings. The Bertz CT molecular complexity index is 1090. The van der Waals surface area contributed by atoms with E-state index < -0.39 is 24.1 Å². The van der Waals surface area contributed by atoms with E-state index in [1.807, 2.05) is 25.1 Å². The fourth-order valence-electron chi connectivity index (χ4n) is 4.73. The smallest absolute Gasteiger partial charge is 0.303 e. The number of Topliss-reactive ketones (excluding diaryl/α,β-unsaturated/α-hetero) is 1. The van der Waals surface area contributed by atoms with Crippen LogP contribution in [0.1, 0.15) is 75.5 Å². The van der Waals surface area contributed by atoms with Crippen LogP contribution in [0.5, 0.6) is 0 Å². The predicted molar refractivity (Wildman–Crippen MR) is 101 cm³/mol. The SMILES string of the molecule is CC(=O)O[C@H]1c2c(C)ccc([C@H]3CCC(=O)c4cc(F)cc(C#N)c43)c2C[C@H]1F. The Balaban J connectivity index is 1.91. The summed E-state index contributed by atoms with van der Waals surface area (Å²) in [5.41, 5.74) is 3.88. The molecule has 0 heterocycles. The van der Waals surface area contributed by atoms with E-state index in [4.69, 9.17) is 4.74 Å². The van der Waals surface area contributed by atoms with E-state index in [9.17, 15) is 23.6 Å². The van der Waals surface area contributed by atoms with Gasteiger partial charge in [0, 0.05) is 36.8 Å². The fourth-order valence-corrected chi connectivity index (χ4v) is 4.73. The third kappa shape index (κ3) is 3.11. The van der Waals surface area contributed by atoms with Gasteiger partial charge in [-0.25, -0.2) is 8.78 Å². The highest BCUT2D eigenvalue weighted by atomic mass is 19.1. The number of hydrogen-bond donors (Lipinski definition) is 0. The molecule has 2 aromatic carbocycles. The number of benzene rings is 2. The topological polar surface area (TPSA) is 67.2 Å². The minimum absolute atomic E-state index is 0.0904. The summed E-state index contributed by atoms with van der Waals surface area (Å²) in [7, 11) is 0. The third-order valence-electron chi connectivity index (χ3n) is 5.87. The molecule has 4 rings (SSSR count). The summed E-state index contributed by atoms with van der Waals surface area (Å²) in [6.07, 6.45) is -1.55. The molecule has 0 saturated carbocycles. The molecule has 0 spiro atoms. The average molecular weight is 395 g/mol. The lowest BCUT2D eigenvalue weighted by Crippen LogP contribution is -2.20. The second kappa shape index (κ2) is 7.07. The zero-order chi connectivity index (χ0) is 20.9. The number of ether oxygens (including phenoxy) is 1. The number of nitrogens with zero attached hydrogens (tertiary/aromatic N) is 1. The number of ketones is 1. The summed E-state index contributed by atoms with van der Waals surface area (Å²) >= 11 is 0. The van der Waals surface area contributed by atoms with Gasteiger partial charge in [0.1, 0.15) is 12.0 Å². The molecular weight excluding hydrogens is 376 g/mol. The van der Waals surface area contributed by atoms with Crippen LogP contribution in [0, 0.1) is 24.1 Å². The molecule has 0 aliphatic heterocycles. The number of carbonyl (C=O) groups excluding carboxylic acids is 2. The molecule has 29 heavy (non-hydrogen) atoms. The molecule has 4 nitrogen and oxygen atoms in total. The van der Waals surface area contributed by atoms with E-state index in [2.05, 4.69) is 0 Å². The van der Waals surface area contributed by atoms with Crippen LogP contribution in [0.4, 0.5) is 8.78 Å². The van der Waals surface area contributed by atoms with Crippen LogP contribution in [-0.4, -0.2) is 17.9 Å². The van der Waals surface area contributed by atoms with Gasteiger partial charge in [0.05, 0.1) is 11.6 Å². The van der Waals surface area contributed by atoms with Gasteiger partial charge in [-0.2, -0.15) is 5.26 Å². The molecule has 0 saturated heterocycles. The number of hydrogen-bond acceptors (Lipinski definition) is 4. The quantitative estimate of drug-likeness (QED) is 0.697. The van der Waals surface area contributed by atoms with Gasteiger partial charge in [0.2, 0.25) is 0 Å². The van der Waals surface area contributed by atoms with Crippen molar-refractivity contribution in [1.29, 1.82) is 5.26 Å². The molecule has 0 aromatic heterocycles. The van der Waals surface area contributed by atoms with Crippen molar-refractivity contribution in [3.05, 3.63) is 69.0 Å². The van der Waals surface area contributed by atoms with E-state index in [1.165, 1.54) is 13.0 Å². The molecule has 0 N–H and O–H groups in total. The highest BCUT2D eigenvalue weighted by molar-refractivity contribution is 5.99. The van der Waals surface area contributed by atoms with Gasteiger partial charge >= 0.3 is 5.97 Å². The highest BCUT2D eigenvalue weighted by Crippen LogP contribution is 2.46. The lowest BCUT2D eigenvalue weighted by molar-refractivity contribution is -0.149. The number of halogens is 2. The summed E-state index contributed by atoms with van der Waals surface area (Å²) in [5, 5.41) is 9.54. The molecule has 0 unspecified atom stereocenters. The number of fused-ring (bicyclic) bond motifs is 2. The first-order valence-electron chi connectivity index (χ1n) is 9.52. The van der Waals surface area contributed by atoms with E-state index >= 15 is 0 Å². The average Bonchev–Trinajstić information content (AvgIpc) is 2.99.